The van der Waals surface area contributed by atoms with Crippen LogP contribution in [0.4, 0.5) is 0 Å². The van der Waals surface area contributed by atoms with Crippen LogP contribution >= 0.6 is 0 Å². The number of carbonyl (C=O) groups is 1. The highest BCUT2D eigenvalue weighted by atomic mass is 16.4. The van der Waals surface area contributed by atoms with E-state index in [1.54, 1.807) is 18.4 Å². The Balaban J connectivity index is 1.92. The zero-order valence-corrected chi connectivity index (χ0v) is 13.3. The Morgan fingerprint density at radius 2 is 2.24 bits per heavy atom. The number of likely N-dealkylation sites (tertiary alicyclic amines) is 1. The smallest absolute Gasteiger partial charge is 0.223 e. The van der Waals surface area contributed by atoms with Gasteiger partial charge < -0.3 is 14.4 Å². The van der Waals surface area contributed by atoms with E-state index in [-0.39, 0.29) is 11.9 Å². The molecule has 0 aliphatic carbocycles. The lowest BCUT2D eigenvalue weighted by Gasteiger charge is -2.28. The number of hydrogen-bond donors (Lipinski definition) is 1. The van der Waals surface area contributed by atoms with Crippen molar-refractivity contribution in [2.75, 3.05) is 6.54 Å². The minimum Gasteiger partial charge on any atom is -0.467 e. The summed E-state index contributed by atoms with van der Waals surface area (Å²) < 4.78 is 5.24. The topological polar surface area (TPSA) is 53.7 Å². The van der Waals surface area contributed by atoms with Crippen molar-refractivity contribution < 1.29 is 14.3 Å². The van der Waals surface area contributed by atoms with E-state index in [9.17, 15) is 9.90 Å². The van der Waals surface area contributed by atoms with Crippen LogP contribution in [0.5, 0.6) is 0 Å². The van der Waals surface area contributed by atoms with Gasteiger partial charge in [-0.25, -0.2) is 0 Å². The second-order valence-corrected chi connectivity index (χ2v) is 6.58. The first kappa shape index (κ1) is 16.1. The van der Waals surface area contributed by atoms with Gasteiger partial charge in [0.1, 0.15) is 11.9 Å². The molecule has 1 amide bonds. The van der Waals surface area contributed by atoms with Crippen molar-refractivity contribution in [3.05, 3.63) is 24.2 Å². The van der Waals surface area contributed by atoms with Crippen LogP contribution in [-0.2, 0) is 4.79 Å². The fourth-order valence-corrected chi connectivity index (χ4v) is 2.89. The highest BCUT2D eigenvalue weighted by Crippen LogP contribution is 2.29. The zero-order chi connectivity index (χ0) is 15.4. The van der Waals surface area contributed by atoms with Crippen LogP contribution in [0, 0.1) is 11.8 Å². The van der Waals surface area contributed by atoms with E-state index >= 15 is 0 Å². The van der Waals surface area contributed by atoms with Crippen LogP contribution in [-0.4, -0.2) is 28.5 Å². The van der Waals surface area contributed by atoms with Crippen LogP contribution in [0.15, 0.2) is 22.8 Å². The van der Waals surface area contributed by atoms with Gasteiger partial charge in [-0.2, -0.15) is 0 Å². The first-order chi connectivity index (χ1) is 9.99. The lowest BCUT2D eigenvalue weighted by atomic mass is 9.94. The molecule has 21 heavy (non-hydrogen) atoms. The third kappa shape index (κ3) is 4.10. The van der Waals surface area contributed by atoms with Crippen LogP contribution < -0.4 is 0 Å². The molecule has 0 aromatic carbocycles. The Morgan fingerprint density at radius 1 is 1.48 bits per heavy atom. The van der Waals surface area contributed by atoms with E-state index < -0.39 is 6.10 Å². The number of nitrogens with zero attached hydrogens (tertiary/aromatic N) is 1. The summed E-state index contributed by atoms with van der Waals surface area (Å²) in [5.74, 6) is 1.73. The van der Waals surface area contributed by atoms with Crippen LogP contribution in [0.2, 0.25) is 0 Å². The van der Waals surface area contributed by atoms with Crippen molar-refractivity contribution in [1.82, 2.24) is 4.90 Å². The van der Waals surface area contributed by atoms with Gasteiger partial charge in [-0.05, 0) is 36.8 Å². The van der Waals surface area contributed by atoms with E-state index in [1.165, 1.54) is 0 Å². The monoisotopic (exact) mass is 293 g/mol. The average molecular weight is 293 g/mol. The van der Waals surface area contributed by atoms with E-state index in [0.29, 0.717) is 30.4 Å². The summed E-state index contributed by atoms with van der Waals surface area (Å²) in [4.78, 5) is 14.4. The molecule has 1 N–H and O–H groups in total. The largest absolute Gasteiger partial charge is 0.467 e. The number of aliphatic hydroxyl groups excluding tert-OH is 1. The SMILES string of the molecule is CC(C)C(C)CC(=O)N1CCCC1CC(O)c1ccco1. The highest BCUT2D eigenvalue weighted by Gasteiger charge is 2.31. The van der Waals surface area contributed by atoms with Crippen molar-refractivity contribution >= 4 is 5.91 Å². The summed E-state index contributed by atoms with van der Waals surface area (Å²) in [5, 5.41) is 10.2. The summed E-state index contributed by atoms with van der Waals surface area (Å²) in [6.45, 7) is 7.25. The molecule has 3 atom stereocenters. The summed E-state index contributed by atoms with van der Waals surface area (Å²) in [7, 11) is 0. The maximum atomic E-state index is 12.5. The van der Waals surface area contributed by atoms with Gasteiger partial charge in [-0.3, -0.25) is 4.79 Å². The van der Waals surface area contributed by atoms with Gasteiger partial charge >= 0.3 is 0 Å². The van der Waals surface area contributed by atoms with Crippen LogP contribution in [0.1, 0.15) is 58.3 Å². The number of aliphatic hydroxyl groups is 1. The Hall–Kier alpha value is -1.29. The van der Waals surface area contributed by atoms with Crippen molar-refractivity contribution in [2.24, 2.45) is 11.8 Å². The Bertz CT molecular complexity index is 441. The van der Waals surface area contributed by atoms with Crippen molar-refractivity contribution in [1.29, 1.82) is 0 Å². The summed E-state index contributed by atoms with van der Waals surface area (Å²) in [5.41, 5.74) is 0. The molecule has 1 aliphatic rings. The maximum absolute atomic E-state index is 12.5. The third-order valence-electron chi connectivity index (χ3n) is 4.70. The summed E-state index contributed by atoms with van der Waals surface area (Å²) in [6, 6.07) is 3.70. The molecule has 4 nitrogen and oxygen atoms in total. The second kappa shape index (κ2) is 7.12. The van der Waals surface area contributed by atoms with Gasteiger partial charge in [-0.15, -0.1) is 0 Å². The molecule has 0 spiro atoms. The molecule has 1 aliphatic heterocycles. The molecule has 0 bridgehead atoms. The molecule has 2 heterocycles. The maximum Gasteiger partial charge on any atom is 0.223 e. The van der Waals surface area contributed by atoms with Gasteiger partial charge in [0.25, 0.3) is 0 Å². The fraction of sp³-hybridized carbons (Fsp3) is 0.706. The standard InChI is InChI=1S/C17H27NO3/c1-12(2)13(3)10-17(20)18-8-4-6-14(18)11-15(19)16-7-5-9-21-16/h5,7,9,12-15,19H,4,6,8,10-11H2,1-3H3. The second-order valence-electron chi connectivity index (χ2n) is 6.58. The molecule has 0 saturated carbocycles. The van der Waals surface area contributed by atoms with Gasteiger partial charge in [0.05, 0.1) is 6.26 Å². The molecule has 0 radical (unpaired) electrons. The Kier molecular flexibility index (Phi) is 5.45. The Morgan fingerprint density at radius 3 is 2.86 bits per heavy atom. The first-order valence-electron chi connectivity index (χ1n) is 8.00. The number of rotatable bonds is 6. The van der Waals surface area contributed by atoms with Gasteiger partial charge in [0, 0.05) is 25.4 Å². The Labute approximate surface area is 127 Å². The summed E-state index contributed by atoms with van der Waals surface area (Å²) >= 11 is 0. The zero-order valence-electron chi connectivity index (χ0n) is 13.3. The minimum absolute atomic E-state index is 0.136. The highest BCUT2D eigenvalue weighted by molar-refractivity contribution is 5.77. The molecule has 1 aromatic rings. The average Bonchev–Trinajstić information content (AvgIpc) is 3.09. The normalized spacial score (nSPS) is 21.8. The minimum atomic E-state index is -0.624. The van der Waals surface area contributed by atoms with Gasteiger partial charge in [0.2, 0.25) is 5.91 Å². The molecular formula is C17H27NO3. The van der Waals surface area contributed by atoms with Crippen molar-refractivity contribution in [2.45, 2.75) is 58.6 Å². The van der Waals surface area contributed by atoms with Crippen LogP contribution in [0.3, 0.4) is 0 Å². The lowest BCUT2D eigenvalue weighted by molar-refractivity contribution is -0.133. The van der Waals surface area contributed by atoms with E-state index in [2.05, 4.69) is 20.8 Å². The van der Waals surface area contributed by atoms with Crippen molar-refractivity contribution in [3.63, 3.8) is 0 Å². The van der Waals surface area contributed by atoms with E-state index in [0.717, 1.165) is 19.4 Å². The molecule has 118 valence electrons. The predicted octanol–water partition coefficient (Wildman–Crippen LogP) is 3.38. The molecule has 2 rings (SSSR count). The fourth-order valence-electron chi connectivity index (χ4n) is 2.89. The number of hydrogen-bond acceptors (Lipinski definition) is 3. The predicted molar refractivity (Wildman–Crippen MR) is 81.6 cm³/mol. The van der Waals surface area contributed by atoms with Gasteiger partial charge in [-0.1, -0.05) is 20.8 Å². The summed E-state index contributed by atoms with van der Waals surface area (Å²) in [6.07, 6.45) is 4.11. The number of carbonyl (C=O) groups excluding carboxylic acids is 1. The van der Waals surface area contributed by atoms with Gasteiger partial charge in [0.15, 0.2) is 0 Å². The van der Waals surface area contributed by atoms with Crippen LogP contribution in [0.25, 0.3) is 0 Å². The molecule has 3 unspecified atom stereocenters. The number of amides is 1. The molecule has 1 fully saturated rings. The number of furan rings is 1. The van der Waals surface area contributed by atoms with E-state index in [4.69, 9.17) is 4.42 Å². The first-order valence-corrected chi connectivity index (χ1v) is 8.00. The quantitative estimate of drug-likeness (QED) is 0.875. The van der Waals surface area contributed by atoms with Crippen molar-refractivity contribution in [3.8, 4) is 0 Å². The molecule has 1 aromatic heterocycles. The third-order valence-corrected chi connectivity index (χ3v) is 4.70. The molecule has 1 saturated heterocycles. The lowest BCUT2D eigenvalue weighted by Crippen LogP contribution is -2.37. The molecular weight excluding hydrogens is 266 g/mol. The molecule has 4 heteroatoms. The van der Waals surface area contributed by atoms with E-state index in [1.807, 2.05) is 4.90 Å².